The van der Waals surface area contributed by atoms with E-state index in [1.165, 1.54) is 27.5 Å². The van der Waals surface area contributed by atoms with E-state index in [9.17, 15) is 0 Å². The average Bonchev–Trinajstić information content (AvgIpc) is 2.88. The molecule has 0 saturated heterocycles. The molecule has 0 spiro atoms. The minimum absolute atomic E-state index is 0.588. The molecule has 1 atom stereocenters. The summed E-state index contributed by atoms with van der Waals surface area (Å²) in [5.74, 6) is 0.588. The fourth-order valence-electron chi connectivity index (χ4n) is 4.23. The molecule has 1 nitrogen and oxygen atoms in total. The summed E-state index contributed by atoms with van der Waals surface area (Å²) in [6.07, 6.45) is 6.84. The highest BCUT2D eigenvalue weighted by molar-refractivity contribution is 5.97. The molecular weight excluding hydrogens is 398 g/mol. The van der Waals surface area contributed by atoms with Crippen molar-refractivity contribution in [2.75, 3.05) is 4.90 Å². The van der Waals surface area contributed by atoms with Gasteiger partial charge in [0.1, 0.15) is 0 Å². The summed E-state index contributed by atoms with van der Waals surface area (Å²) in [5, 5.41) is 2.40. The Balaban J connectivity index is 1.76. The van der Waals surface area contributed by atoms with Crippen LogP contribution in [0.2, 0.25) is 0 Å². The lowest BCUT2D eigenvalue weighted by Crippen LogP contribution is -2.15. The molecule has 4 aromatic carbocycles. The lowest BCUT2D eigenvalue weighted by atomic mass is 9.96. The van der Waals surface area contributed by atoms with Crippen LogP contribution in [-0.2, 0) is 0 Å². The second kappa shape index (κ2) is 10.2. The van der Waals surface area contributed by atoms with Crippen LogP contribution in [0.1, 0.15) is 31.7 Å². The number of hydrogen-bond acceptors (Lipinski definition) is 1. The minimum Gasteiger partial charge on any atom is -0.310 e. The molecule has 0 aliphatic rings. The van der Waals surface area contributed by atoms with Crippen LogP contribution < -0.4 is 4.90 Å². The van der Waals surface area contributed by atoms with E-state index in [0.29, 0.717) is 5.92 Å². The highest BCUT2D eigenvalue weighted by atomic mass is 15.1. The summed E-state index contributed by atoms with van der Waals surface area (Å²) in [6, 6.07) is 32.6. The molecule has 1 heteroatoms. The summed E-state index contributed by atoms with van der Waals surface area (Å²) in [5.41, 5.74) is 7.01. The Hall–Kier alpha value is -3.84. The average molecular weight is 430 g/mol. The van der Waals surface area contributed by atoms with Crippen LogP contribution in [0.5, 0.6) is 0 Å². The van der Waals surface area contributed by atoms with Gasteiger partial charge in [-0.15, -0.1) is 0 Å². The Kier molecular flexibility index (Phi) is 6.90. The van der Waals surface area contributed by atoms with Crippen molar-refractivity contribution in [1.29, 1.82) is 0 Å². The van der Waals surface area contributed by atoms with Gasteiger partial charge in [0.2, 0.25) is 0 Å². The molecule has 164 valence electrons. The van der Waals surface area contributed by atoms with Crippen molar-refractivity contribution in [2.24, 2.45) is 0 Å². The lowest BCUT2D eigenvalue weighted by molar-refractivity contribution is 0.734. The van der Waals surface area contributed by atoms with Gasteiger partial charge in [0, 0.05) is 16.8 Å². The van der Waals surface area contributed by atoms with Gasteiger partial charge in [-0.2, -0.15) is 0 Å². The number of anilines is 2. The molecule has 0 bridgehead atoms. The SMILES string of the molecule is C=C/C=C(\C=C)N(c1ccc(-c2ccc(C(C)CC)cc2)cc1)c1cccc2ccccc12. The van der Waals surface area contributed by atoms with Gasteiger partial charge in [-0.25, -0.2) is 0 Å². The summed E-state index contributed by atoms with van der Waals surface area (Å²) in [4.78, 5) is 2.24. The molecule has 0 aliphatic heterocycles. The van der Waals surface area contributed by atoms with Gasteiger partial charge in [-0.1, -0.05) is 106 Å². The molecule has 1 unspecified atom stereocenters. The maximum atomic E-state index is 4.07. The zero-order chi connectivity index (χ0) is 23.2. The fourth-order valence-corrected chi connectivity index (χ4v) is 4.23. The van der Waals surface area contributed by atoms with Crippen LogP contribution in [0.25, 0.3) is 21.9 Å². The van der Waals surface area contributed by atoms with Crippen molar-refractivity contribution in [1.82, 2.24) is 0 Å². The van der Waals surface area contributed by atoms with E-state index >= 15 is 0 Å². The van der Waals surface area contributed by atoms with E-state index < -0.39 is 0 Å². The minimum atomic E-state index is 0.588. The van der Waals surface area contributed by atoms with Gasteiger partial charge in [-0.05, 0) is 64.8 Å². The summed E-state index contributed by atoms with van der Waals surface area (Å²) in [7, 11) is 0. The van der Waals surface area contributed by atoms with Crippen molar-refractivity contribution in [3.63, 3.8) is 0 Å². The maximum Gasteiger partial charge on any atom is 0.0540 e. The molecule has 4 aromatic rings. The van der Waals surface area contributed by atoms with Crippen molar-refractivity contribution >= 4 is 22.1 Å². The molecule has 33 heavy (non-hydrogen) atoms. The first-order valence-corrected chi connectivity index (χ1v) is 11.6. The number of fused-ring (bicyclic) bond motifs is 1. The van der Waals surface area contributed by atoms with Crippen molar-refractivity contribution in [3.8, 4) is 11.1 Å². The first-order chi connectivity index (χ1) is 16.2. The third-order valence-corrected chi connectivity index (χ3v) is 6.31. The van der Waals surface area contributed by atoms with Crippen LogP contribution in [0, 0.1) is 0 Å². The number of benzene rings is 4. The van der Waals surface area contributed by atoms with Crippen molar-refractivity contribution < 1.29 is 0 Å². The molecule has 0 aromatic heterocycles. The predicted molar refractivity (Wildman–Crippen MR) is 145 cm³/mol. The Morgan fingerprint density at radius 3 is 2.09 bits per heavy atom. The summed E-state index contributed by atoms with van der Waals surface area (Å²) < 4.78 is 0. The smallest absolute Gasteiger partial charge is 0.0540 e. The fraction of sp³-hybridized carbons (Fsp3) is 0.125. The van der Waals surface area contributed by atoms with Gasteiger partial charge >= 0.3 is 0 Å². The van der Waals surface area contributed by atoms with Gasteiger partial charge in [0.15, 0.2) is 0 Å². The first-order valence-electron chi connectivity index (χ1n) is 11.6. The van der Waals surface area contributed by atoms with E-state index in [-0.39, 0.29) is 0 Å². The van der Waals surface area contributed by atoms with E-state index in [4.69, 9.17) is 0 Å². The van der Waals surface area contributed by atoms with Crippen LogP contribution in [0.4, 0.5) is 11.4 Å². The van der Waals surface area contributed by atoms with E-state index in [1.54, 1.807) is 0 Å². The van der Waals surface area contributed by atoms with Crippen LogP contribution >= 0.6 is 0 Å². The Bertz CT molecular complexity index is 1270. The van der Waals surface area contributed by atoms with E-state index in [1.807, 2.05) is 18.2 Å². The molecule has 0 amide bonds. The lowest BCUT2D eigenvalue weighted by Gasteiger charge is -2.27. The Morgan fingerprint density at radius 1 is 0.818 bits per heavy atom. The molecule has 0 heterocycles. The first kappa shape index (κ1) is 22.4. The third-order valence-electron chi connectivity index (χ3n) is 6.31. The third kappa shape index (κ3) is 4.68. The molecule has 4 rings (SSSR count). The molecule has 0 N–H and O–H groups in total. The van der Waals surface area contributed by atoms with E-state index in [0.717, 1.165) is 23.5 Å². The summed E-state index contributed by atoms with van der Waals surface area (Å²) >= 11 is 0. The zero-order valence-corrected chi connectivity index (χ0v) is 19.5. The van der Waals surface area contributed by atoms with Crippen molar-refractivity contribution in [2.45, 2.75) is 26.2 Å². The monoisotopic (exact) mass is 429 g/mol. The Morgan fingerprint density at radius 2 is 1.45 bits per heavy atom. The topological polar surface area (TPSA) is 3.24 Å². The second-order valence-electron chi connectivity index (χ2n) is 8.34. The maximum absolute atomic E-state index is 4.07. The van der Waals surface area contributed by atoms with Gasteiger partial charge < -0.3 is 4.90 Å². The number of hydrogen-bond donors (Lipinski definition) is 0. The van der Waals surface area contributed by atoms with Crippen molar-refractivity contribution in [3.05, 3.63) is 134 Å². The molecular formula is C32H31N. The molecule has 0 fully saturated rings. The quantitative estimate of drug-likeness (QED) is 0.252. The normalized spacial score (nSPS) is 12.4. The van der Waals surface area contributed by atoms with Gasteiger partial charge in [0.25, 0.3) is 0 Å². The number of nitrogens with zero attached hydrogens (tertiary/aromatic N) is 1. The molecule has 0 radical (unpaired) electrons. The highest BCUT2D eigenvalue weighted by Gasteiger charge is 2.15. The van der Waals surface area contributed by atoms with Gasteiger partial charge in [0.05, 0.1) is 5.69 Å². The van der Waals surface area contributed by atoms with Crippen LogP contribution in [0.3, 0.4) is 0 Å². The second-order valence-corrected chi connectivity index (χ2v) is 8.34. The summed E-state index contributed by atoms with van der Waals surface area (Å²) in [6.45, 7) is 12.5. The largest absolute Gasteiger partial charge is 0.310 e. The van der Waals surface area contributed by atoms with Crippen LogP contribution in [0.15, 0.2) is 128 Å². The standard InChI is InChI=1S/C32H31N/c1-5-11-29(7-3)33(32-15-10-13-28-12-8-9-14-31(28)32)30-22-20-27(21-23-30)26-18-16-25(17-19-26)24(4)6-2/h5,7-24H,1,3,6H2,2,4H3/b29-11+. The highest BCUT2D eigenvalue weighted by Crippen LogP contribution is 2.37. The number of rotatable bonds is 8. The number of allylic oxidation sites excluding steroid dienone is 3. The van der Waals surface area contributed by atoms with Gasteiger partial charge in [-0.3, -0.25) is 0 Å². The predicted octanol–water partition coefficient (Wildman–Crippen LogP) is 9.41. The van der Waals surface area contributed by atoms with Crippen LogP contribution in [-0.4, -0.2) is 0 Å². The molecule has 0 saturated carbocycles. The Labute approximate surface area is 198 Å². The zero-order valence-electron chi connectivity index (χ0n) is 19.5. The van der Waals surface area contributed by atoms with E-state index in [2.05, 4.69) is 123 Å². The molecule has 0 aliphatic carbocycles.